The number of anilines is 1. The molecule has 1 aliphatic rings. The molecule has 19 heavy (non-hydrogen) atoms. The van der Waals surface area contributed by atoms with E-state index in [2.05, 4.69) is 23.8 Å². The van der Waals surface area contributed by atoms with Crippen molar-refractivity contribution in [3.63, 3.8) is 0 Å². The molecule has 108 valence electrons. The molecule has 0 bridgehead atoms. The maximum Gasteiger partial charge on any atom is 0.236 e. The Labute approximate surface area is 115 Å². The zero-order valence-corrected chi connectivity index (χ0v) is 12.4. The highest BCUT2D eigenvalue weighted by Crippen LogP contribution is 2.27. The second-order valence-corrected chi connectivity index (χ2v) is 5.59. The summed E-state index contributed by atoms with van der Waals surface area (Å²) in [5.74, 6) is 0.726. The third-order valence-electron chi connectivity index (χ3n) is 3.67. The van der Waals surface area contributed by atoms with Crippen LogP contribution in [0.25, 0.3) is 0 Å². The molecule has 1 aromatic rings. The summed E-state index contributed by atoms with van der Waals surface area (Å²) in [6, 6.07) is 0.265. The van der Waals surface area contributed by atoms with E-state index in [0.717, 1.165) is 18.1 Å². The van der Waals surface area contributed by atoms with Crippen LogP contribution in [0.15, 0.2) is 0 Å². The molecular weight excluding hydrogens is 240 g/mol. The summed E-state index contributed by atoms with van der Waals surface area (Å²) < 4.78 is 7.76. The molecule has 0 amide bonds. The van der Waals surface area contributed by atoms with Gasteiger partial charge in [0.2, 0.25) is 5.88 Å². The topological polar surface area (TPSA) is 56.3 Å². The van der Waals surface area contributed by atoms with Crippen molar-refractivity contribution in [1.29, 1.82) is 0 Å². The standard InChI is InChI=1S/C14H26N4O/c1-11(2)18-14(13(15)12(3)16-18)19-10-9-17-7-5-4-6-8-17/h11H,4-10,15H2,1-3H3. The van der Waals surface area contributed by atoms with Crippen molar-refractivity contribution in [2.24, 2.45) is 0 Å². The Morgan fingerprint density at radius 2 is 1.95 bits per heavy atom. The fourth-order valence-corrected chi connectivity index (χ4v) is 2.49. The third-order valence-corrected chi connectivity index (χ3v) is 3.67. The monoisotopic (exact) mass is 266 g/mol. The number of nitrogens with two attached hydrogens (primary N) is 1. The summed E-state index contributed by atoms with van der Waals surface area (Å²) in [5.41, 5.74) is 7.56. The quantitative estimate of drug-likeness (QED) is 0.888. The Bertz CT molecular complexity index is 408. The fourth-order valence-electron chi connectivity index (χ4n) is 2.49. The van der Waals surface area contributed by atoms with Crippen molar-refractivity contribution in [2.75, 3.05) is 32.0 Å². The van der Waals surface area contributed by atoms with Crippen LogP contribution in [-0.2, 0) is 0 Å². The summed E-state index contributed by atoms with van der Waals surface area (Å²) in [6.07, 6.45) is 3.99. The lowest BCUT2D eigenvalue weighted by Gasteiger charge is -2.26. The average molecular weight is 266 g/mol. The molecule has 0 radical (unpaired) electrons. The molecule has 2 N–H and O–H groups in total. The van der Waals surface area contributed by atoms with E-state index in [0.29, 0.717) is 12.3 Å². The average Bonchev–Trinajstić information content (AvgIpc) is 2.68. The first kappa shape index (κ1) is 14.2. The molecule has 1 saturated heterocycles. The van der Waals surface area contributed by atoms with Gasteiger partial charge in [-0.2, -0.15) is 5.10 Å². The molecule has 0 aliphatic carbocycles. The second-order valence-electron chi connectivity index (χ2n) is 5.59. The molecule has 0 unspecified atom stereocenters. The Morgan fingerprint density at radius 1 is 1.26 bits per heavy atom. The summed E-state index contributed by atoms with van der Waals surface area (Å²) in [5, 5.41) is 4.43. The van der Waals surface area contributed by atoms with E-state index >= 15 is 0 Å². The van der Waals surface area contributed by atoms with Crippen LogP contribution in [0.1, 0.15) is 44.8 Å². The van der Waals surface area contributed by atoms with Gasteiger partial charge in [-0.1, -0.05) is 6.42 Å². The Hall–Kier alpha value is -1.23. The zero-order chi connectivity index (χ0) is 13.8. The van der Waals surface area contributed by atoms with E-state index in [1.165, 1.54) is 32.4 Å². The highest BCUT2D eigenvalue weighted by atomic mass is 16.5. The first-order valence-electron chi connectivity index (χ1n) is 7.29. The van der Waals surface area contributed by atoms with E-state index in [-0.39, 0.29) is 6.04 Å². The van der Waals surface area contributed by atoms with E-state index in [4.69, 9.17) is 10.5 Å². The van der Waals surface area contributed by atoms with Crippen LogP contribution in [0.4, 0.5) is 5.69 Å². The summed E-state index contributed by atoms with van der Waals surface area (Å²) in [6.45, 7) is 10.1. The number of aromatic nitrogens is 2. The third kappa shape index (κ3) is 3.41. The number of likely N-dealkylation sites (tertiary alicyclic amines) is 1. The molecular formula is C14H26N4O. The van der Waals surface area contributed by atoms with Crippen molar-refractivity contribution < 1.29 is 4.74 Å². The van der Waals surface area contributed by atoms with E-state index in [1.54, 1.807) is 0 Å². The minimum Gasteiger partial charge on any atom is -0.475 e. The highest BCUT2D eigenvalue weighted by molar-refractivity contribution is 5.52. The van der Waals surface area contributed by atoms with Crippen LogP contribution < -0.4 is 10.5 Å². The fraction of sp³-hybridized carbons (Fsp3) is 0.786. The molecule has 5 nitrogen and oxygen atoms in total. The molecule has 0 spiro atoms. The molecule has 0 saturated carbocycles. The molecule has 5 heteroatoms. The van der Waals surface area contributed by atoms with Crippen LogP contribution in [0, 0.1) is 6.92 Å². The largest absolute Gasteiger partial charge is 0.475 e. The van der Waals surface area contributed by atoms with E-state index in [9.17, 15) is 0 Å². The molecule has 0 atom stereocenters. The van der Waals surface area contributed by atoms with Crippen LogP contribution in [0.2, 0.25) is 0 Å². The van der Waals surface area contributed by atoms with Gasteiger partial charge in [0.25, 0.3) is 0 Å². The summed E-state index contributed by atoms with van der Waals surface area (Å²) >= 11 is 0. The number of nitrogens with zero attached hydrogens (tertiary/aromatic N) is 3. The van der Waals surface area contributed by atoms with E-state index < -0.39 is 0 Å². The van der Waals surface area contributed by atoms with Gasteiger partial charge in [0.1, 0.15) is 12.3 Å². The summed E-state index contributed by atoms with van der Waals surface area (Å²) in [7, 11) is 0. The van der Waals surface area contributed by atoms with E-state index in [1.807, 2.05) is 11.6 Å². The van der Waals surface area contributed by atoms with Gasteiger partial charge in [-0.3, -0.25) is 4.90 Å². The van der Waals surface area contributed by atoms with Crippen LogP contribution in [0.5, 0.6) is 5.88 Å². The predicted octanol–water partition coefficient (Wildman–Crippen LogP) is 2.22. The normalized spacial score (nSPS) is 17.1. The molecule has 1 aromatic heterocycles. The van der Waals surface area contributed by atoms with Gasteiger partial charge in [-0.05, 0) is 46.7 Å². The number of nitrogen functional groups attached to an aromatic ring is 1. The molecule has 1 aliphatic heterocycles. The van der Waals surface area contributed by atoms with Gasteiger partial charge in [0.15, 0.2) is 0 Å². The molecule has 0 aromatic carbocycles. The van der Waals surface area contributed by atoms with Crippen molar-refractivity contribution in [3.05, 3.63) is 5.69 Å². The lowest BCUT2D eigenvalue weighted by atomic mass is 10.1. The number of piperidine rings is 1. The number of aryl methyl sites for hydroxylation is 1. The number of hydrogen-bond donors (Lipinski definition) is 1. The molecule has 2 heterocycles. The van der Waals surface area contributed by atoms with Crippen LogP contribution in [0.3, 0.4) is 0 Å². The maximum absolute atomic E-state index is 6.04. The predicted molar refractivity (Wildman–Crippen MR) is 77.5 cm³/mol. The lowest BCUT2D eigenvalue weighted by Crippen LogP contribution is -2.33. The van der Waals surface area contributed by atoms with Crippen molar-refractivity contribution in [3.8, 4) is 5.88 Å². The SMILES string of the molecule is Cc1nn(C(C)C)c(OCCN2CCCCC2)c1N. The molecule has 1 fully saturated rings. The second kappa shape index (κ2) is 6.28. The van der Waals surface area contributed by atoms with Crippen molar-refractivity contribution in [2.45, 2.75) is 46.1 Å². The minimum atomic E-state index is 0.265. The van der Waals surface area contributed by atoms with Crippen molar-refractivity contribution in [1.82, 2.24) is 14.7 Å². The van der Waals surface area contributed by atoms with Gasteiger partial charge in [-0.25, -0.2) is 4.68 Å². The summed E-state index contributed by atoms with van der Waals surface area (Å²) in [4.78, 5) is 2.46. The molecule has 2 rings (SSSR count). The Morgan fingerprint density at radius 3 is 2.58 bits per heavy atom. The number of hydrogen-bond acceptors (Lipinski definition) is 4. The maximum atomic E-state index is 6.04. The Balaban J connectivity index is 1.91. The smallest absolute Gasteiger partial charge is 0.236 e. The van der Waals surface area contributed by atoms with Crippen molar-refractivity contribution >= 4 is 5.69 Å². The first-order chi connectivity index (χ1) is 9.09. The van der Waals surface area contributed by atoms with Gasteiger partial charge in [-0.15, -0.1) is 0 Å². The minimum absolute atomic E-state index is 0.265. The number of ether oxygens (including phenoxy) is 1. The van der Waals surface area contributed by atoms with Crippen LogP contribution >= 0.6 is 0 Å². The number of rotatable bonds is 5. The highest BCUT2D eigenvalue weighted by Gasteiger charge is 2.17. The Kier molecular flexibility index (Phi) is 4.69. The van der Waals surface area contributed by atoms with Gasteiger partial charge in [0.05, 0.1) is 11.7 Å². The lowest BCUT2D eigenvalue weighted by molar-refractivity contribution is 0.175. The zero-order valence-electron chi connectivity index (χ0n) is 12.4. The first-order valence-corrected chi connectivity index (χ1v) is 7.29. The van der Waals surface area contributed by atoms with Gasteiger partial charge >= 0.3 is 0 Å². The van der Waals surface area contributed by atoms with Gasteiger partial charge < -0.3 is 10.5 Å². The van der Waals surface area contributed by atoms with Gasteiger partial charge in [0, 0.05) is 6.54 Å². The van der Waals surface area contributed by atoms with Crippen LogP contribution in [-0.4, -0.2) is 40.9 Å².